The van der Waals surface area contributed by atoms with Gasteiger partial charge in [-0.3, -0.25) is 0 Å². The van der Waals surface area contributed by atoms with Crippen LogP contribution < -0.4 is 5.73 Å². The Balaban J connectivity index is 2.09. The lowest BCUT2D eigenvalue weighted by atomic mass is 9.93. The number of nitrogens with zero attached hydrogens (tertiary/aromatic N) is 2. The number of ether oxygens (including phenoxy) is 1. The molecule has 0 aromatic carbocycles. The smallest absolute Gasteiger partial charge is 0.226 e. The molecule has 1 saturated carbocycles. The summed E-state index contributed by atoms with van der Waals surface area (Å²) in [6.07, 6.45) is 8.42. The molecule has 0 saturated heterocycles. The Morgan fingerprint density at radius 3 is 2.58 bits per heavy atom. The highest BCUT2D eigenvalue weighted by Gasteiger charge is 2.37. The summed E-state index contributed by atoms with van der Waals surface area (Å²) >= 11 is 0. The molecule has 0 spiro atoms. The molecule has 5 nitrogen and oxygen atoms in total. The molecule has 0 bridgehead atoms. The molecule has 1 atom stereocenters. The van der Waals surface area contributed by atoms with Gasteiger partial charge in [-0.2, -0.15) is 4.98 Å². The van der Waals surface area contributed by atoms with Crippen molar-refractivity contribution >= 4 is 0 Å². The van der Waals surface area contributed by atoms with Gasteiger partial charge in [0.25, 0.3) is 0 Å². The zero-order valence-electron chi connectivity index (χ0n) is 12.0. The van der Waals surface area contributed by atoms with Crippen molar-refractivity contribution in [3.8, 4) is 0 Å². The molecule has 2 rings (SSSR count). The fraction of sp³-hybridized carbons (Fsp3) is 0.857. The Morgan fingerprint density at radius 1 is 1.32 bits per heavy atom. The monoisotopic (exact) mass is 267 g/mol. The van der Waals surface area contributed by atoms with Crippen molar-refractivity contribution in [1.29, 1.82) is 0 Å². The van der Waals surface area contributed by atoms with Crippen molar-refractivity contribution < 1.29 is 9.26 Å². The lowest BCUT2D eigenvalue weighted by Crippen LogP contribution is -2.29. The van der Waals surface area contributed by atoms with Crippen LogP contribution in [0.3, 0.4) is 0 Å². The van der Waals surface area contributed by atoms with E-state index in [1.54, 1.807) is 7.11 Å². The maximum absolute atomic E-state index is 5.77. The fourth-order valence-electron chi connectivity index (χ4n) is 2.71. The molecule has 1 aliphatic carbocycles. The molecule has 108 valence electrons. The second-order valence-electron chi connectivity index (χ2n) is 5.64. The van der Waals surface area contributed by atoms with E-state index < -0.39 is 0 Å². The normalized spacial score (nSPS) is 21.0. The fourth-order valence-corrected chi connectivity index (χ4v) is 2.71. The second-order valence-corrected chi connectivity index (χ2v) is 5.64. The van der Waals surface area contributed by atoms with Crippen LogP contribution in [0.4, 0.5) is 0 Å². The van der Waals surface area contributed by atoms with Crippen molar-refractivity contribution in [1.82, 2.24) is 10.1 Å². The number of aryl methyl sites for hydroxylation is 1. The van der Waals surface area contributed by atoms with Crippen LogP contribution in [0.15, 0.2) is 4.52 Å². The Hall–Kier alpha value is -0.940. The Bertz CT molecular complexity index is 382. The third kappa shape index (κ3) is 3.54. The maximum atomic E-state index is 5.77. The van der Waals surface area contributed by atoms with Crippen LogP contribution in [0.5, 0.6) is 0 Å². The van der Waals surface area contributed by atoms with E-state index >= 15 is 0 Å². The summed E-state index contributed by atoms with van der Waals surface area (Å²) in [5.41, 5.74) is 5.41. The molecule has 5 heteroatoms. The molecule has 2 N–H and O–H groups in total. The third-order valence-electron chi connectivity index (χ3n) is 3.99. The van der Waals surface area contributed by atoms with Crippen LogP contribution in [0.25, 0.3) is 0 Å². The van der Waals surface area contributed by atoms with Crippen LogP contribution >= 0.6 is 0 Å². The van der Waals surface area contributed by atoms with E-state index in [1.807, 2.05) is 6.92 Å². The summed E-state index contributed by atoms with van der Waals surface area (Å²) in [6, 6.07) is 0.157. The first-order valence-corrected chi connectivity index (χ1v) is 7.30. The molecule has 1 unspecified atom stereocenters. The van der Waals surface area contributed by atoms with E-state index in [1.165, 1.54) is 12.8 Å². The van der Waals surface area contributed by atoms with Crippen LogP contribution in [0.1, 0.15) is 63.6 Å². The van der Waals surface area contributed by atoms with Gasteiger partial charge < -0.3 is 15.0 Å². The zero-order chi connectivity index (χ0) is 13.7. The summed E-state index contributed by atoms with van der Waals surface area (Å²) in [7, 11) is 1.75. The van der Waals surface area contributed by atoms with Crippen molar-refractivity contribution in [3.63, 3.8) is 0 Å². The van der Waals surface area contributed by atoms with Gasteiger partial charge in [0, 0.05) is 19.6 Å². The molecule has 19 heavy (non-hydrogen) atoms. The van der Waals surface area contributed by atoms with Crippen LogP contribution in [-0.2, 0) is 16.8 Å². The van der Waals surface area contributed by atoms with E-state index in [9.17, 15) is 0 Å². The first-order chi connectivity index (χ1) is 9.16. The van der Waals surface area contributed by atoms with Crippen molar-refractivity contribution in [2.24, 2.45) is 5.73 Å². The van der Waals surface area contributed by atoms with Gasteiger partial charge in [-0.05, 0) is 26.2 Å². The summed E-state index contributed by atoms with van der Waals surface area (Å²) in [6.45, 7) is 1.99. The predicted molar refractivity (Wildman–Crippen MR) is 72.7 cm³/mol. The van der Waals surface area contributed by atoms with Gasteiger partial charge in [-0.25, -0.2) is 0 Å². The molecule has 1 aromatic heterocycles. The highest BCUT2D eigenvalue weighted by molar-refractivity contribution is 5.02. The molecular formula is C14H25N3O2. The Labute approximate surface area is 114 Å². The Morgan fingerprint density at radius 2 is 2.00 bits per heavy atom. The van der Waals surface area contributed by atoms with E-state index in [4.69, 9.17) is 15.0 Å². The van der Waals surface area contributed by atoms with Crippen molar-refractivity contribution in [2.45, 2.75) is 69.9 Å². The maximum Gasteiger partial charge on any atom is 0.226 e. The van der Waals surface area contributed by atoms with E-state index in [0.717, 1.165) is 44.3 Å². The van der Waals surface area contributed by atoms with Gasteiger partial charge in [0.2, 0.25) is 11.7 Å². The van der Waals surface area contributed by atoms with Gasteiger partial charge >= 0.3 is 0 Å². The quantitative estimate of drug-likeness (QED) is 0.830. The first kappa shape index (κ1) is 14.5. The summed E-state index contributed by atoms with van der Waals surface area (Å²) < 4.78 is 11.1. The molecule has 1 heterocycles. The van der Waals surface area contributed by atoms with Gasteiger partial charge in [0.05, 0.1) is 0 Å². The number of methoxy groups -OCH3 is 1. The third-order valence-corrected chi connectivity index (χ3v) is 3.99. The van der Waals surface area contributed by atoms with Crippen molar-refractivity contribution in [3.05, 3.63) is 11.7 Å². The number of rotatable bonds is 5. The van der Waals surface area contributed by atoms with E-state index in [-0.39, 0.29) is 11.6 Å². The summed E-state index contributed by atoms with van der Waals surface area (Å²) in [4.78, 5) is 4.53. The summed E-state index contributed by atoms with van der Waals surface area (Å²) in [5, 5.41) is 4.15. The molecule has 0 amide bonds. The van der Waals surface area contributed by atoms with Gasteiger partial charge in [0.1, 0.15) is 5.60 Å². The number of nitrogens with two attached hydrogens (primary N) is 1. The van der Waals surface area contributed by atoms with Crippen molar-refractivity contribution in [2.75, 3.05) is 7.11 Å². The highest BCUT2D eigenvalue weighted by Crippen LogP contribution is 2.37. The van der Waals surface area contributed by atoms with E-state index in [0.29, 0.717) is 5.89 Å². The summed E-state index contributed by atoms with van der Waals surface area (Å²) in [5.74, 6) is 1.39. The number of aromatic nitrogens is 2. The topological polar surface area (TPSA) is 74.2 Å². The average Bonchev–Trinajstić information content (AvgIpc) is 2.74. The second kappa shape index (κ2) is 6.48. The van der Waals surface area contributed by atoms with Crippen LogP contribution in [0.2, 0.25) is 0 Å². The van der Waals surface area contributed by atoms with Gasteiger partial charge in [0.15, 0.2) is 0 Å². The average molecular weight is 267 g/mol. The molecule has 1 aromatic rings. The highest BCUT2D eigenvalue weighted by atomic mass is 16.5. The lowest BCUT2D eigenvalue weighted by molar-refractivity contribution is -0.0365. The van der Waals surface area contributed by atoms with E-state index in [2.05, 4.69) is 10.1 Å². The van der Waals surface area contributed by atoms with Crippen LogP contribution in [-0.4, -0.2) is 23.3 Å². The van der Waals surface area contributed by atoms with Crippen LogP contribution in [0, 0.1) is 0 Å². The molecule has 0 radical (unpaired) electrons. The standard InChI is InChI=1S/C14H25N3O2/c1-11(15)7-8-12-16-13(17-19-12)14(18-2)9-5-3-4-6-10-14/h11H,3-10,15H2,1-2H3. The number of hydrogen-bond donors (Lipinski definition) is 1. The molecular weight excluding hydrogens is 242 g/mol. The predicted octanol–water partition coefficient (Wildman–Crippen LogP) is 2.55. The zero-order valence-corrected chi connectivity index (χ0v) is 12.0. The number of hydrogen-bond acceptors (Lipinski definition) is 5. The van der Waals surface area contributed by atoms with Gasteiger partial charge in [-0.15, -0.1) is 0 Å². The SMILES string of the molecule is COC1(c2noc(CCC(C)N)n2)CCCCCC1. The molecule has 1 aliphatic rings. The minimum absolute atomic E-state index is 0.157. The van der Waals surface area contributed by atoms with Gasteiger partial charge in [-0.1, -0.05) is 30.8 Å². The molecule has 0 aliphatic heterocycles. The first-order valence-electron chi connectivity index (χ1n) is 7.30. The molecule has 1 fully saturated rings. The Kier molecular flexibility index (Phi) is 4.93. The largest absolute Gasteiger partial charge is 0.370 e. The minimum atomic E-state index is -0.341. The minimum Gasteiger partial charge on any atom is -0.370 e. The lowest BCUT2D eigenvalue weighted by Gasteiger charge is -2.27.